The van der Waals surface area contributed by atoms with E-state index >= 15 is 4.39 Å². The Balaban J connectivity index is 1.40. The average molecular weight is 703 g/mol. The van der Waals surface area contributed by atoms with E-state index in [1.165, 1.54) is 23.5 Å². The van der Waals surface area contributed by atoms with E-state index < -0.39 is 29.2 Å². The Morgan fingerprint density at radius 1 is 0.961 bits per heavy atom. The van der Waals surface area contributed by atoms with Crippen LogP contribution in [-0.4, -0.2) is 79.7 Å². The number of nitrogens with zero attached hydrogens (tertiary/aromatic N) is 6. The van der Waals surface area contributed by atoms with Crippen LogP contribution in [0.4, 0.5) is 37.0 Å². The molecular weight excluding hydrogens is 659 g/mol. The van der Waals surface area contributed by atoms with Gasteiger partial charge in [0.05, 0.1) is 18.4 Å². The van der Waals surface area contributed by atoms with Crippen LogP contribution < -0.4 is 20.3 Å². The number of benzene rings is 1. The molecule has 0 fully saturated rings. The van der Waals surface area contributed by atoms with Crippen LogP contribution in [0.5, 0.6) is 5.75 Å². The zero-order valence-corrected chi connectivity index (χ0v) is 30.1. The summed E-state index contributed by atoms with van der Waals surface area (Å²) in [7, 11) is 0. The number of amides is 3. The maximum atomic E-state index is 16.7. The van der Waals surface area contributed by atoms with Crippen LogP contribution in [0.2, 0.25) is 0 Å². The molecule has 0 bridgehead atoms. The van der Waals surface area contributed by atoms with E-state index in [0.29, 0.717) is 41.1 Å². The molecule has 0 saturated heterocycles. The fourth-order valence-electron chi connectivity index (χ4n) is 6.01. The van der Waals surface area contributed by atoms with Crippen LogP contribution >= 0.6 is 0 Å². The molecule has 15 heteroatoms. The van der Waals surface area contributed by atoms with Gasteiger partial charge < -0.3 is 24.4 Å². The number of ether oxygens (including phenoxy) is 3. The predicted molar refractivity (Wildman–Crippen MR) is 190 cm³/mol. The van der Waals surface area contributed by atoms with Crippen molar-refractivity contribution >= 4 is 51.9 Å². The molecule has 4 aromatic rings. The third-order valence-electron chi connectivity index (χ3n) is 8.18. The molecule has 0 radical (unpaired) electrons. The zero-order chi connectivity index (χ0) is 36.8. The standard InChI is InChI=1S/C36H43FN8O6/c1-20(2)43-10-9-22-15-28(42-45(22)19-29(43)46)40-27-14-21-13-23(30(37)31(24(21)17-39-27)41-33(47)50-35(3,4)5)25-16-38-18-26-32(25)49-12-11-44(26)34(48)51-36(6,7)8/h13-18,20H,9-12,19H2,1-8H3,(H,41,47)(H,39,40,42). The first kappa shape index (κ1) is 35.4. The van der Waals surface area contributed by atoms with Gasteiger partial charge in [-0.3, -0.25) is 24.7 Å². The highest BCUT2D eigenvalue weighted by Gasteiger charge is 2.32. The summed E-state index contributed by atoms with van der Waals surface area (Å²) < 4.78 is 35.5. The number of carbonyl (C=O) groups excluding carboxylic acids is 3. The van der Waals surface area contributed by atoms with E-state index in [1.54, 1.807) is 58.4 Å². The molecule has 2 aliphatic heterocycles. The second-order valence-corrected chi connectivity index (χ2v) is 14.8. The molecule has 3 aromatic heterocycles. The van der Waals surface area contributed by atoms with E-state index in [-0.39, 0.29) is 54.2 Å². The summed E-state index contributed by atoms with van der Waals surface area (Å²) in [6.07, 6.45) is 3.56. The van der Waals surface area contributed by atoms with Crippen LogP contribution in [0.1, 0.15) is 61.1 Å². The van der Waals surface area contributed by atoms with Crippen LogP contribution in [0.15, 0.2) is 36.8 Å². The first-order valence-corrected chi connectivity index (χ1v) is 16.8. The summed E-state index contributed by atoms with van der Waals surface area (Å²) in [6.45, 7) is 15.5. The molecule has 3 amide bonds. The van der Waals surface area contributed by atoms with Gasteiger partial charge in [-0.2, -0.15) is 5.10 Å². The fourth-order valence-corrected chi connectivity index (χ4v) is 6.01. The lowest BCUT2D eigenvalue weighted by atomic mass is 9.99. The predicted octanol–water partition coefficient (Wildman–Crippen LogP) is 6.65. The van der Waals surface area contributed by atoms with Crippen molar-refractivity contribution in [3.63, 3.8) is 0 Å². The van der Waals surface area contributed by atoms with E-state index in [0.717, 1.165) is 5.69 Å². The van der Waals surface area contributed by atoms with Gasteiger partial charge >= 0.3 is 12.2 Å². The van der Waals surface area contributed by atoms with Crippen LogP contribution in [-0.2, 0) is 27.2 Å². The topological polar surface area (TPSA) is 153 Å². The second kappa shape index (κ2) is 13.3. The van der Waals surface area contributed by atoms with Crippen molar-refractivity contribution in [3.8, 4) is 16.9 Å². The van der Waals surface area contributed by atoms with E-state index in [1.807, 2.05) is 24.8 Å². The molecule has 6 rings (SSSR count). The molecule has 270 valence electrons. The lowest BCUT2D eigenvalue weighted by Crippen LogP contribution is -2.41. The first-order chi connectivity index (χ1) is 24.0. The number of nitrogens with one attached hydrogen (secondary N) is 2. The summed E-state index contributed by atoms with van der Waals surface area (Å²) in [5.41, 5.74) is -0.194. The molecule has 0 aliphatic carbocycles. The summed E-state index contributed by atoms with van der Waals surface area (Å²) in [4.78, 5) is 51.0. The molecule has 1 aromatic carbocycles. The third kappa shape index (κ3) is 7.66. The highest BCUT2D eigenvalue weighted by Crippen LogP contribution is 2.44. The molecule has 0 atom stereocenters. The number of carbonyl (C=O) groups is 3. The fraction of sp³-hybridized carbons (Fsp3) is 0.444. The van der Waals surface area contributed by atoms with E-state index in [9.17, 15) is 14.4 Å². The lowest BCUT2D eigenvalue weighted by Gasteiger charge is -2.32. The number of anilines is 4. The van der Waals surface area contributed by atoms with Crippen molar-refractivity contribution < 1.29 is 33.0 Å². The van der Waals surface area contributed by atoms with Crippen molar-refractivity contribution in [2.45, 2.75) is 85.6 Å². The average Bonchev–Trinajstić information content (AvgIpc) is 3.32. The maximum absolute atomic E-state index is 16.7. The van der Waals surface area contributed by atoms with Crippen LogP contribution in [0, 0.1) is 5.82 Å². The van der Waals surface area contributed by atoms with Gasteiger partial charge in [0.1, 0.15) is 35.9 Å². The van der Waals surface area contributed by atoms with Gasteiger partial charge in [0.2, 0.25) is 5.91 Å². The van der Waals surface area contributed by atoms with Gasteiger partial charge in [-0.05, 0) is 72.9 Å². The Labute approximate surface area is 295 Å². The number of halogens is 1. The number of hydrogen-bond acceptors (Lipinski definition) is 10. The number of aromatic nitrogens is 4. The summed E-state index contributed by atoms with van der Waals surface area (Å²) >= 11 is 0. The normalized spacial score (nSPS) is 14.8. The van der Waals surface area contributed by atoms with Gasteiger partial charge in [0, 0.05) is 59.7 Å². The minimum absolute atomic E-state index is 0.00223. The number of fused-ring (bicyclic) bond motifs is 3. The van der Waals surface area contributed by atoms with Gasteiger partial charge in [-0.15, -0.1) is 0 Å². The first-order valence-electron chi connectivity index (χ1n) is 16.8. The Morgan fingerprint density at radius 2 is 1.71 bits per heavy atom. The SMILES string of the molecule is CC(C)N1CCc2cc(Nc3cc4cc(-c5cncc6c5OCCN6C(=O)OC(C)(C)C)c(F)c(NC(=O)OC(C)(C)C)c4cn3)nn2CC1=O. The summed E-state index contributed by atoms with van der Waals surface area (Å²) in [5.74, 6) is 0.349. The zero-order valence-electron chi connectivity index (χ0n) is 30.1. The number of rotatable bonds is 5. The highest BCUT2D eigenvalue weighted by molar-refractivity contribution is 6.04. The molecule has 2 aliphatic rings. The highest BCUT2D eigenvalue weighted by atomic mass is 19.1. The molecule has 0 unspecified atom stereocenters. The molecule has 2 N–H and O–H groups in total. The minimum Gasteiger partial charge on any atom is -0.489 e. The Kier molecular flexibility index (Phi) is 9.25. The van der Waals surface area contributed by atoms with Gasteiger partial charge in [-0.1, -0.05) is 0 Å². The van der Waals surface area contributed by atoms with Crippen molar-refractivity contribution in [1.82, 2.24) is 24.6 Å². The van der Waals surface area contributed by atoms with Crippen molar-refractivity contribution in [1.29, 1.82) is 0 Å². The molecule has 5 heterocycles. The van der Waals surface area contributed by atoms with Gasteiger partial charge in [-0.25, -0.2) is 19.0 Å². The third-order valence-corrected chi connectivity index (χ3v) is 8.18. The minimum atomic E-state index is -0.854. The van der Waals surface area contributed by atoms with E-state index in [4.69, 9.17) is 14.2 Å². The number of pyridine rings is 2. The molecule has 51 heavy (non-hydrogen) atoms. The Morgan fingerprint density at radius 3 is 2.41 bits per heavy atom. The quantitative estimate of drug-likeness (QED) is 0.231. The van der Waals surface area contributed by atoms with Crippen molar-refractivity contribution in [2.24, 2.45) is 0 Å². The van der Waals surface area contributed by atoms with E-state index in [2.05, 4.69) is 25.7 Å². The lowest BCUT2D eigenvalue weighted by molar-refractivity contribution is -0.133. The Bertz CT molecular complexity index is 2020. The summed E-state index contributed by atoms with van der Waals surface area (Å²) in [6, 6.07) is 5.28. The smallest absolute Gasteiger partial charge is 0.415 e. The second-order valence-electron chi connectivity index (χ2n) is 14.8. The van der Waals surface area contributed by atoms with Gasteiger partial charge in [0.25, 0.3) is 0 Å². The van der Waals surface area contributed by atoms with Crippen molar-refractivity contribution in [3.05, 3.63) is 48.3 Å². The van der Waals surface area contributed by atoms with Crippen LogP contribution in [0.3, 0.4) is 0 Å². The Hall–Kier alpha value is -5.47. The van der Waals surface area contributed by atoms with Crippen molar-refractivity contribution in [2.75, 3.05) is 35.2 Å². The largest absolute Gasteiger partial charge is 0.489 e. The summed E-state index contributed by atoms with van der Waals surface area (Å²) in [5, 5.41) is 11.2. The molecular formula is C36H43FN8O6. The monoisotopic (exact) mass is 702 g/mol. The van der Waals surface area contributed by atoms with Crippen LogP contribution in [0.25, 0.3) is 21.9 Å². The maximum Gasteiger partial charge on any atom is 0.415 e. The van der Waals surface area contributed by atoms with Gasteiger partial charge in [0.15, 0.2) is 17.4 Å². The molecule has 0 spiro atoms. The number of hydrogen-bond donors (Lipinski definition) is 2. The molecule has 14 nitrogen and oxygen atoms in total. The molecule has 0 saturated carbocycles.